The van der Waals surface area contributed by atoms with Gasteiger partial charge in [-0.1, -0.05) is 11.8 Å². The number of nitrogens with one attached hydrogen (secondary N) is 1. The van der Waals surface area contributed by atoms with Crippen LogP contribution in [0.5, 0.6) is 0 Å². The van der Waals surface area contributed by atoms with Gasteiger partial charge in [-0.3, -0.25) is 9.59 Å². The van der Waals surface area contributed by atoms with Gasteiger partial charge >= 0.3 is 5.97 Å². The maximum absolute atomic E-state index is 11.9. The molecular formula is C15H19N3O3S2. The minimum absolute atomic E-state index is 0.109. The third-order valence-electron chi connectivity index (χ3n) is 3.18. The Balaban J connectivity index is 2.04. The van der Waals surface area contributed by atoms with Crippen LogP contribution in [0, 0.1) is 20.8 Å². The molecule has 2 heterocycles. The lowest BCUT2D eigenvalue weighted by atomic mass is 10.2. The van der Waals surface area contributed by atoms with Gasteiger partial charge in [-0.15, -0.1) is 11.3 Å². The number of thiophene rings is 1. The molecule has 2 aromatic heterocycles. The van der Waals surface area contributed by atoms with Crippen LogP contribution < -0.4 is 5.32 Å². The number of rotatable bonds is 6. The number of carbonyl (C=O) groups excluding carboxylic acids is 2. The largest absolute Gasteiger partial charge is 0.465 e. The zero-order valence-corrected chi connectivity index (χ0v) is 15.2. The number of thioether (sulfide) groups is 1. The van der Waals surface area contributed by atoms with Crippen molar-refractivity contribution < 1.29 is 14.3 Å². The van der Waals surface area contributed by atoms with Gasteiger partial charge < -0.3 is 10.1 Å². The number of nitrogens with zero attached hydrogens (tertiary/aromatic N) is 2. The fourth-order valence-corrected chi connectivity index (χ4v) is 4.09. The second-order valence-corrected chi connectivity index (χ2v) is 7.08. The van der Waals surface area contributed by atoms with Crippen LogP contribution in [0.2, 0.25) is 0 Å². The van der Waals surface area contributed by atoms with Gasteiger partial charge in [-0.2, -0.15) is 0 Å². The molecule has 0 aromatic carbocycles. The molecular weight excluding hydrogens is 334 g/mol. The first-order valence-corrected chi connectivity index (χ1v) is 9.02. The van der Waals surface area contributed by atoms with E-state index in [-0.39, 0.29) is 18.2 Å². The van der Waals surface area contributed by atoms with Crippen molar-refractivity contribution >= 4 is 45.2 Å². The van der Waals surface area contributed by atoms with E-state index in [4.69, 9.17) is 4.74 Å². The number of carbonyl (C=O) groups is 2. The lowest BCUT2D eigenvalue weighted by Gasteiger charge is -2.06. The van der Waals surface area contributed by atoms with E-state index in [1.807, 2.05) is 13.8 Å². The van der Waals surface area contributed by atoms with E-state index in [0.29, 0.717) is 12.4 Å². The summed E-state index contributed by atoms with van der Waals surface area (Å²) in [4.78, 5) is 34.1. The SMILES string of the molecule is CCOC(=O)CNC(=O)CSc1nc(C)nc2sc(C)c(C)c12. The predicted molar refractivity (Wildman–Crippen MR) is 92.0 cm³/mol. The third-order valence-corrected chi connectivity index (χ3v) is 5.26. The highest BCUT2D eigenvalue weighted by atomic mass is 32.2. The highest BCUT2D eigenvalue weighted by Gasteiger charge is 2.15. The van der Waals surface area contributed by atoms with Gasteiger partial charge in [-0.25, -0.2) is 9.97 Å². The van der Waals surface area contributed by atoms with E-state index < -0.39 is 5.97 Å². The summed E-state index contributed by atoms with van der Waals surface area (Å²) in [7, 11) is 0. The van der Waals surface area contributed by atoms with Crippen LogP contribution in [0.15, 0.2) is 5.03 Å². The van der Waals surface area contributed by atoms with Crippen LogP contribution in [-0.4, -0.2) is 40.7 Å². The normalized spacial score (nSPS) is 10.8. The highest BCUT2D eigenvalue weighted by molar-refractivity contribution is 8.00. The number of ether oxygens (including phenoxy) is 1. The lowest BCUT2D eigenvalue weighted by molar-refractivity contribution is -0.143. The summed E-state index contributed by atoms with van der Waals surface area (Å²) in [5, 5.41) is 4.37. The van der Waals surface area contributed by atoms with Crippen LogP contribution in [0.1, 0.15) is 23.2 Å². The molecule has 0 saturated heterocycles. The first kappa shape index (κ1) is 17.7. The maximum atomic E-state index is 11.9. The molecule has 1 N–H and O–H groups in total. The molecule has 6 nitrogen and oxygen atoms in total. The second-order valence-electron chi connectivity index (χ2n) is 4.91. The Bertz CT molecular complexity index is 743. The van der Waals surface area contributed by atoms with E-state index >= 15 is 0 Å². The summed E-state index contributed by atoms with van der Waals surface area (Å²) in [6.45, 7) is 7.86. The molecule has 0 fully saturated rings. The zero-order chi connectivity index (χ0) is 17.0. The number of amides is 1. The monoisotopic (exact) mass is 353 g/mol. The maximum Gasteiger partial charge on any atom is 0.325 e. The molecule has 0 aliphatic heterocycles. The standard InChI is InChI=1S/C15H19N3O3S2/c1-5-21-12(20)6-16-11(19)7-22-14-13-8(2)9(3)23-15(13)18-10(4)17-14/h5-7H2,1-4H3,(H,16,19). The molecule has 124 valence electrons. The molecule has 0 bridgehead atoms. The number of fused-ring (bicyclic) bond motifs is 1. The fourth-order valence-electron chi connectivity index (χ4n) is 1.99. The Morgan fingerprint density at radius 1 is 1.26 bits per heavy atom. The first-order valence-electron chi connectivity index (χ1n) is 7.21. The lowest BCUT2D eigenvalue weighted by Crippen LogP contribution is -2.31. The quantitative estimate of drug-likeness (QED) is 0.488. The summed E-state index contributed by atoms with van der Waals surface area (Å²) in [6, 6.07) is 0. The summed E-state index contributed by atoms with van der Waals surface area (Å²) in [5.74, 6) is 0.222. The summed E-state index contributed by atoms with van der Waals surface area (Å²) in [6.07, 6.45) is 0. The number of hydrogen-bond acceptors (Lipinski definition) is 7. The number of esters is 1. The van der Waals surface area contributed by atoms with Gasteiger partial charge in [0.25, 0.3) is 0 Å². The number of aryl methyl sites for hydroxylation is 3. The molecule has 0 aliphatic carbocycles. The number of hydrogen-bond donors (Lipinski definition) is 1. The Hall–Kier alpha value is -1.67. The van der Waals surface area contributed by atoms with Gasteiger partial charge in [0.2, 0.25) is 5.91 Å². The Morgan fingerprint density at radius 2 is 2.00 bits per heavy atom. The number of aromatic nitrogens is 2. The Labute approximate surface area is 143 Å². The molecule has 0 saturated carbocycles. The molecule has 0 atom stereocenters. The van der Waals surface area contributed by atoms with Crippen molar-refractivity contribution in [2.45, 2.75) is 32.7 Å². The molecule has 0 unspecified atom stereocenters. The molecule has 8 heteroatoms. The van der Waals surface area contributed by atoms with Gasteiger partial charge in [0.1, 0.15) is 22.2 Å². The van der Waals surface area contributed by atoms with Crippen LogP contribution in [0.3, 0.4) is 0 Å². The average molecular weight is 353 g/mol. The second kappa shape index (κ2) is 7.74. The van der Waals surface area contributed by atoms with E-state index in [0.717, 1.165) is 20.8 Å². The summed E-state index contributed by atoms with van der Waals surface area (Å²) >= 11 is 2.99. The molecule has 1 amide bonds. The minimum Gasteiger partial charge on any atom is -0.465 e. The highest BCUT2D eigenvalue weighted by Crippen LogP contribution is 2.34. The van der Waals surface area contributed by atoms with Crippen molar-refractivity contribution in [3.05, 3.63) is 16.3 Å². The van der Waals surface area contributed by atoms with Crippen molar-refractivity contribution in [3.8, 4) is 0 Å². The van der Waals surface area contributed by atoms with Gasteiger partial charge in [0.15, 0.2) is 0 Å². The van der Waals surface area contributed by atoms with Crippen LogP contribution in [-0.2, 0) is 14.3 Å². The zero-order valence-electron chi connectivity index (χ0n) is 13.6. The van der Waals surface area contributed by atoms with E-state index in [9.17, 15) is 9.59 Å². The van der Waals surface area contributed by atoms with Gasteiger partial charge in [-0.05, 0) is 33.3 Å². The van der Waals surface area contributed by atoms with Gasteiger partial charge in [0.05, 0.1) is 12.4 Å². The Morgan fingerprint density at radius 3 is 2.70 bits per heavy atom. The molecule has 0 radical (unpaired) electrons. The van der Waals surface area contributed by atoms with E-state index in [1.165, 1.54) is 16.6 Å². The van der Waals surface area contributed by atoms with E-state index in [2.05, 4.69) is 22.2 Å². The third kappa shape index (κ3) is 4.42. The fraction of sp³-hybridized carbons (Fsp3) is 0.467. The Kier molecular flexibility index (Phi) is 5.95. The summed E-state index contributed by atoms with van der Waals surface area (Å²) in [5.41, 5.74) is 1.15. The predicted octanol–water partition coefficient (Wildman–Crippen LogP) is 2.39. The topological polar surface area (TPSA) is 81.2 Å². The van der Waals surface area contributed by atoms with Crippen LogP contribution in [0.25, 0.3) is 10.2 Å². The van der Waals surface area contributed by atoms with Crippen molar-refractivity contribution in [2.75, 3.05) is 18.9 Å². The van der Waals surface area contributed by atoms with Crippen LogP contribution >= 0.6 is 23.1 Å². The van der Waals surface area contributed by atoms with Crippen molar-refractivity contribution in [2.24, 2.45) is 0 Å². The first-order chi connectivity index (χ1) is 10.9. The molecule has 23 heavy (non-hydrogen) atoms. The van der Waals surface area contributed by atoms with Crippen LogP contribution in [0.4, 0.5) is 0 Å². The van der Waals surface area contributed by atoms with Crippen molar-refractivity contribution in [3.63, 3.8) is 0 Å². The molecule has 0 aliphatic rings. The molecule has 2 rings (SSSR count). The molecule has 2 aromatic rings. The minimum atomic E-state index is -0.435. The average Bonchev–Trinajstić information content (AvgIpc) is 2.77. The van der Waals surface area contributed by atoms with Crippen molar-refractivity contribution in [1.82, 2.24) is 15.3 Å². The van der Waals surface area contributed by atoms with Gasteiger partial charge in [0, 0.05) is 10.3 Å². The van der Waals surface area contributed by atoms with E-state index in [1.54, 1.807) is 18.3 Å². The summed E-state index contributed by atoms with van der Waals surface area (Å²) < 4.78 is 4.77. The molecule has 0 spiro atoms. The smallest absolute Gasteiger partial charge is 0.325 e. The van der Waals surface area contributed by atoms with Crippen molar-refractivity contribution in [1.29, 1.82) is 0 Å².